The van der Waals surface area contributed by atoms with E-state index in [1.54, 1.807) is 56.0 Å². The number of sulfonamides is 1. The Hall–Kier alpha value is -3.11. The number of methoxy groups -OCH3 is 2. The first-order valence-electron chi connectivity index (χ1n) is 8.82. The van der Waals surface area contributed by atoms with Crippen LogP contribution < -0.4 is 19.5 Å². The minimum atomic E-state index is -3.36. The van der Waals surface area contributed by atoms with E-state index < -0.39 is 10.0 Å². The van der Waals surface area contributed by atoms with E-state index in [-0.39, 0.29) is 12.5 Å². The second kappa shape index (κ2) is 9.14. The Morgan fingerprint density at radius 3 is 2.57 bits per heavy atom. The molecule has 0 aliphatic rings. The third kappa shape index (κ3) is 5.49. The van der Waals surface area contributed by atoms with Crippen molar-refractivity contribution in [3.05, 3.63) is 59.1 Å². The fourth-order valence-electron chi connectivity index (χ4n) is 2.71. The Labute approximate surface area is 178 Å². The summed E-state index contributed by atoms with van der Waals surface area (Å²) >= 11 is 1.35. The number of hydrogen-bond acceptors (Lipinski definition) is 7. The van der Waals surface area contributed by atoms with E-state index in [4.69, 9.17) is 9.47 Å². The number of hydrogen-bond donors (Lipinski definition) is 2. The molecule has 1 amide bonds. The standard InChI is InChI=1S/C20H21N3O5S2/c1-27-17-8-7-14(10-18(17)28-2)20-22-16(12-29-20)19(24)21-11-13-5-4-6-15(9-13)23-30(3,25)26/h4-10,12,23H,11H2,1-3H3,(H,21,24). The van der Waals surface area contributed by atoms with Gasteiger partial charge in [0.05, 0.1) is 20.5 Å². The first-order chi connectivity index (χ1) is 14.3. The Bertz CT molecular complexity index is 1160. The van der Waals surface area contributed by atoms with Gasteiger partial charge in [-0.05, 0) is 35.9 Å². The summed E-state index contributed by atoms with van der Waals surface area (Å²) in [7, 11) is -0.240. The van der Waals surface area contributed by atoms with Crippen LogP contribution in [0.25, 0.3) is 10.6 Å². The van der Waals surface area contributed by atoms with Gasteiger partial charge >= 0.3 is 0 Å². The largest absolute Gasteiger partial charge is 0.493 e. The highest BCUT2D eigenvalue weighted by molar-refractivity contribution is 7.92. The number of carbonyl (C=O) groups is 1. The van der Waals surface area contributed by atoms with E-state index in [0.29, 0.717) is 27.9 Å². The molecule has 0 saturated carbocycles. The molecule has 2 aromatic carbocycles. The molecule has 0 bridgehead atoms. The first-order valence-corrected chi connectivity index (χ1v) is 11.6. The van der Waals surface area contributed by atoms with Gasteiger partial charge in [0.1, 0.15) is 10.7 Å². The predicted octanol–water partition coefficient (Wildman–Crippen LogP) is 3.13. The Morgan fingerprint density at radius 1 is 1.10 bits per heavy atom. The van der Waals surface area contributed by atoms with Crippen molar-refractivity contribution in [2.45, 2.75) is 6.54 Å². The van der Waals surface area contributed by atoms with Crippen LogP contribution in [-0.4, -0.2) is 39.8 Å². The number of aromatic nitrogens is 1. The van der Waals surface area contributed by atoms with E-state index in [1.807, 2.05) is 6.07 Å². The SMILES string of the molecule is COc1ccc(-c2nc(C(=O)NCc3cccc(NS(C)(=O)=O)c3)cs2)cc1OC. The van der Waals surface area contributed by atoms with Gasteiger partial charge in [-0.15, -0.1) is 11.3 Å². The molecule has 1 aromatic heterocycles. The van der Waals surface area contributed by atoms with Crippen molar-refractivity contribution in [3.63, 3.8) is 0 Å². The van der Waals surface area contributed by atoms with Crippen molar-refractivity contribution < 1.29 is 22.7 Å². The second-order valence-electron chi connectivity index (χ2n) is 6.36. The monoisotopic (exact) mass is 447 g/mol. The lowest BCUT2D eigenvalue weighted by molar-refractivity contribution is 0.0946. The number of rotatable bonds is 8. The van der Waals surface area contributed by atoms with Crippen LogP contribution in [-0.2, 0) is 16.6 Å². The Morgan fingerprint density at radius 2 is 1.87 bits per heavy atom. The van der Waals surface area contributed by atoms with Gasteiger partial charge < -0.3 is 14.8 Å². The summed E-state index contributed by atoms with van der Waals surface area (Å²) in [6.07, 6.45) is 1.08. The lowest BCUT2D eigenvalue weighted by Crippen LogP contribution is -2.23. The van der Waals surface area contributed by atoms with Gasteiger partial charge in [-0.3, -0.25) is 9.52 Å². The van der Waals surface area contributed by atoms with Crippen LogP contribution in [0.4, 0.5) is 5.69 Å². The van der Waals surface area contributed by atoms with Gasteiger partial charge in [-0.1, -0.05) is 12.1 Å². The zero-order valence-corrected chi connectivity index (χ0v) is 18.3. The average Bonchev–Trinajstić information content (AvgIpc) is 3.21. The van der Waals surface area contributed by atoms with Gasteiger partial charge in [0.25, 0.3) is 5.91 Å². The molecule has 0 atom stereocenters. The fourth-order valence-corrected chi connectivity index (χ4v) is 4.06. The minimum absolute atomic E-state index is 0.237. The number of benzene rings is 2. The lowest BCUT2D eigenvalue weighted by atomic mass is 10.2. The highest BCUT2D eigenvalue weighted by Gasteiger charge is 2.14. The van der Waals surface area contributed by atoms with Crippen LogP contribution >= 0.6 is 11.3 Å². The molecular weight excluding hydrogens is 426 g/mol. The molecule has 0 saturated heterocycles. The Kier molecular flexibility index (Phi) is 6.58. The maximum atomic E-state index is 12.5. The van der Waals surface area contributed by atoms with Crippen LogP contribution in [0.3, 0.4) is 0 Å². The molecule has 30 heavy (non-hydrogen) atoms. The molecule has 0 unspecified atom stereocenters. The van der Waals surface area contributed by atoms with Crippen molar-refractivity contribution in [1.82, 2.24) is 10.3 Å². The van der Waals surface area contributed by atoms with E-state index in [1.165, 1.54) is 11.3 Å². The molecule has 0 radical (unpaired) electrons. The molecule has 158 valence electrons. The van der Waals surface area contributed by atoms with Crippen LogP contribution in [0.1, 0.15) is 16.1 Å². The van der Waals surface area contributed by atoms with Crippen molar-refractivity contribution in [2.75, 3.05) is 25.2 Å². The van der Waals surface area contributed by atoms with Crippen molar-refractivity contribution in [1.29, 1.82) is 0 Å². The summed E-state index contributed by atoms with van der Waals surface area (Å²) in [6.45, 7) is 0.237. The average molecular weight is 448 g/mol. The fraction of sp³-hybridized carbons (Fsp3) is 0.200. The van der Waals surface area contributed by atoms with E-state index in [0.717, 1.165) is 17.4 Å². The number of anilines is 1. The van der Waals surface area contributed by atoms with E-state index >= 15 is 0 Å². The summed E-state index contributed by atoms with van der Waals surface area (Å²) in [5.41, 5.74) is 2.31. The maximum Gasteiger partial charge on any atom is 0.271 e. The second-order valence-corrected chi connectivity index (χ2v) is 8.97. The zero-order chi connectivity index (χ0) is 21.7. The number of nitrogens with zero attached hydrogens (tertiary/aromatic N) is 1. The van der Waals surface area contributed by atoms with Crippen molar-refractivity contribution >= 4 is 33.0 Å². The lowest BCUT2D eigenvalue weighted by Gasteiger charge is -2.08. The van der Waals surface area contributed by atoms with Gasteiger partial charge in [0.2, 0.25) is 10.0 Å². The van der Waals surface area contributed by atoms with Crippen LogP contribution in [0.15, 0.2) is 47.8 Å². The number of thiazole rings is 1. The molecule has 3 rings (SSSR count). The summed E-state index contributed by atoms with van der Waals surface area (Å²) in [5, 5.41) is 5.16. The predicted molar refractivity (Wildman–Crippen MR) is 117 cm³/mol. The molecule has 3 aromatic rings. The molecule has 2 N–H and O–H groups in total. The van der Waals surface area contributed by atoms with Crippen molar-refractivity contribution in [3.8, 4) is 22.1 Å². The quantitative estimate of drug-likeness (QED) is 0.549. The van der Waals surface area contributed by atoms with Gasteiger partial charge in [-0.25, -0.2) is 13.4 Å². The third-order valence-electron chi connectivity index (χ3n) is 4.05. The summed E-state index contributed by atoms with van der Waals surface area (Å²) < 4.78 is 35.7. The van der Waals surface area contributed by atoms with Crippen LogP contribution in [0.2, 0.25) is 0 Å². The maximum absolute atomic E-state index is 12.5. The van der Waals surface area contributed by atoms with Gasteiger partial charge in [0, 0.05) is 23.2 Å². The molecule has 0 aliphatic carbocycles. The topological polar surface area (TPSA) is 107 Å². The molecule has 8 nitrogen and oxygen atoms in total. The molecule has 1 heterocycles. The summed E-state index contributed by atoms with van der Waals surface area (Å²) in [5.74, 6) is 0.876. The highest BCUT2D eigenvalue weighted by Crippen LogP contribution is 2.33. The molecule has 10 heteroatoms. The van der Waals surface area contributed by atoms with E-state index in [2.05, 4.69) is 15.0 Å². The van der Waals surface area contributed by atoms with Crippen LogP contribution in [0.5, 0.6) is 11.5 Å². The number of amides is 1. The number of nitrogens with one attached hydrogen (secondary N) is 2. The molecule has 0 aliphatic heterocycles. The minimum Gasteiger partial charge on any atom is -0.493 e. The highest BCUT2D eigenvalue weighted by atomic mass is 32.2. The molecule has 0 fully saturated rings. The van der Waals surface area contributed by atoms with Crippen LogP contribution in [0, 0.1) is 0 Å². The first kappa shape index (κ1) is 21.6. The molecular formula is C20H21N3O5S2. The third-order valence-corrected chi connectivity index (χ3v) is 5.55. The summed E-state index contributed by atoms with van der Waals surface area (Å²) in [6, 6.07) is 12.3. The molecule has 0 spiro atoms. The van der Waals surface area contributed by atoms with Crippen molar-refractivity contribution in [2.24, 2.45) is 0 Å². The van der Waals surface area contributed by atoms with E-state index in [9.17, 15) is 13.2 Å². The number of carbonyl (C=O) groups excluding carboxylic acids is 1. The van der Waals surface area contributed by atoms with Gasteiger partial charge in [-0.2, -0.15) is 0 Å². The van der Waals surface area contributed by atoms with Gasteiger partial charge in [0.15, 0.2) is 11.5 Å². The smallest absolute Gasteiger partial charge is 0.271 e. The Balaban J connectivity index is 1.68. The number of ether oxygens (including phenoxy) is 2. The zero-order valence-electron chi connectivity index (χ0n) is 16.6. The normalized spacial score (nSPS) is 11.0. The summed E-state index contributed by atoms with van der Waals surface area (Å²) in [4.78, 5) is 16.9.